The number of carbonyl (C=O) groups is 1. The summed E-state index contributed by atoms with van der Waals surface area (Å²) in [7, 11) is 0.259. The van der Waals surface area contributed by atoms with E-state index in [1.165, 1.54) is 5.56 Å². The number of halogens is 1. The minimum Gasteiger partial charge on any atom is -0.487 e. The van der Waals surface area contributed by atoms with E-state index in [0.29, 0.717) is 43.0 Å². The summed E-state index contributed by atoms with van der Waals surface area (Å²) >= 11 is 6.37. The second-order valence-electron chi connectivity index (χ2n) is 14.8. The van der Waals surface area contributed by atoms with Gasteiger partial charge in [0.05, 0.1) is 30.7 Å². The minimum atomic E-state index is -3.86. The molecule has 264 valence electrons. The second kappa shape index (κ2) is 15.3. The number of sulfonamides is 1. The minimum absolute atomic E-state index is 0.110. The van der Waals surface area contributed by atoms with Crippen molar-refractivity contribution >= 4 is 33.2 Å². The second-order valence-corrected chi connectivity index (χ2v) is 17.1. The molecule has 1 amide bonds. The van der Waals surface area contributed by atoms with E-state index in [1.807, 2.05) is 37.3 Å². The molecule has 2 fully saturated rings. The number of carbonyl (C=O) groups excluding carboxylic acids is 1. The van der Waals surface area contributed by atoms with Gasteiger partial charge < -0.3 is 24.0 Å². The molecule has 1 N–H and O–H groups in total. The number of ether oxygens (including phenoxy) is 3. The summed E-state index contributed by atoms with van der Waals surface area (Å²) in [5.74, 6) is 1.06. The molecule has 48 heavy (non-hydrogen) atoms. The van der Waals surface area contributed by atoms with Gasteiger partial charge in [-0.3, -0.25) is 4.79 Å². The van der Waals surface area contributed by atoms with Gasteiger partial charge in [-0.25, -0.2) is 13.1 Å². The molecule has 0 spiro atoms. The summed E-state index contributed by atoms with van der Waals surface area (Å²) in [6, 6.07) is 11.5. The predicted molar refractivity (Wildman–Crippen MR) is 189 cm³/mol. The van der Waals surface area contributed by atoms with Crippen molar-refractivity contribution in [3.63, 3.8) is 0 Å². The molecule has 2 aromatic rings. The fraction of sp³-hybridized carbons (Fsp3) is 0.649. The standard InChI is InChI=1S/C37H52ClN3O6S/c1-24-8-13-33(37-46-21-31(22-47-37)40(3)4)32-14-10-28(32)19-41-16-6-5-7-26-17-30(38)12-9-29(26)20-45-35-15-11-27(18-34(35)41)36(42)39-48(43,44)23-25(24)2/h9,11-12,15,17-18,24-25,28,31-33,37H,5-8,10,13-14,16,19-23H2,1-4H3,(H,39,42)/t24-,25+,28-,31?,32+,33-,37?/m0/s1. The van der Waals surface area contributed by atoms with Crippen LogP contribution in [-0.2, 0) is 32.5 Å². The van der Waals surface area contributed by atoms with Crippen LogP contribution in [-0.4, -0.2) is 77.7 Å². The number of anilines is 1. The van der Waals surface area contributed by atoms with Gasteiger partial charge in [0.15, 0.2) is 6.29 Å². The van der Waals surface area contributed by atoms with E-state index in [2.05, 4.69) is 35.5 Å². The van der Waals surface area contributed by atoms with Crippen LogP contribution in [0.25, 0.3) is 0 Å². The van der Waals surface area contributed by atoms with Gasteiger partial charge in [0.2, 0.25) is 10.0 Å². The third kappa shape index (κ3) is 8.32. The Labute approximate surface area is 291 Å². The number of fused-ring (bicyclic) bond motifs is 3. The highest BCUT2D eigenvalue weighted by molar-refractivity contribution is 7.90. The molecule has 0 aromatic heterocycles. The lowest BCUT2D eigenvalue weighted by Gasteiger charge is -2.48. The van der Waals surface area contributed by atoms with Crippen molar-refractivity contribution in [1.82, 2.24) is 9.62 Å². The van der Waals surface area contributed by atoms with E-state index < -0.39 is 15.9 Å². The fourth-order valence-corrected chi connectivity index (χ4v) is 9.54. The normalized spacial score (nSPS) is 31.7. The van der Waals surface area contributed by atoms with Gasteiger partial charge in [0, 0.05) is 29.6 Å². The molecule has 4 aliphatic rings. The number of hydrogen-bond acceptors (Lipinski definition) is 8. The largest absolute Gasteiger partial charge is 0.487 e. The quantitative estimate of drug-likeness (QED) is 0.400. The summed E-state index contributed by atoms with van der Waals surface area (Å²) in [5, 5.41) is 0.720. The molecule has 1 saturated carbocycles. The topological polar surface area (TPSA) is 97.4 Å². The van der Waals surface area contributed by atoms with Crippen LogP contribution < -0.4 is 14.4 Å². The lowest BCUT2D eigenvalue weighted by atomic mass is 9.64. The number of amides is 1. The van der Waals surface area contributed by atoms with Crippen LogP contribution in [0.3, 0.4) is 0 Å². The molecule has 3 aliphatic heterocycles. The maximum absolute atomic E-state index is 13.4. The van der Waals surface area contributed by atoms with Crippen LogP contribution in [0.2, 0.25) is 5.02 Å². The van der Waals surface area contributed by atoms with Crippen molar-refractivity contribution in [3.05, 3.63) is 58.1 Å². The first-order chi connectivity index (χ1) is 23.0. The van der Waals surface area contributed by atoms with Crippen LogP contribution in [0.1, 0.15) is 73.9 Å². The number of rotatable bonds is 2. The Kier molecular flexibility index (Phi) is 11.3. The Morgan fingerprint density at radius 1 is 0.917 bits per heavy atom. The van der Waals surface area contributed by atoms with Crippen molar-refractivity contribution in [3.8, 4) is 5.75 Å². The zero-order valence-corrected chi connectivity index (χ0v) is 30.4. The smallest absolute Gasteiger partial charge is 0.264 e. The van der Waals surface area contributed by atoms with Gasteiger partial charge in [0.1, 0.15) is 12.4 Å². The lowest BCUT2D eigenvalue weighted by Crippen LogP contribution is -2.51. The number of nitrogens with one attached hydrogen (secondary N) is 1. The maximum atomic E-state index is 13.4. The zero-order valence-electron chi connectivity index (χ0n) is 28.8. The van der Waals surface area contributed by atoms with Gasteiger partial charge in [-0.05, 0) is 124 Å². The average Bonchev–Trinajstić information content (AvgIpc) is 3.07. The molecule has 3 heterocycles. The predicted octanol–water partition coefficient (Wildman–Crippen LogP) is 6.13. The Bertz CT molecular complexity index is 1550. The third-order valence-corrected chi connectivity index (χ3v) is 13.1. The van der Waals surface area contributed by atoms with Crippen LogP contribution in [0.15, 0.2) is 36.4 Å². The average molecular weight is 702 g/mol. The number of benzene rings is 2. The third-order valence-electron chi connectivity index (χ3n) is 11.4. The van der Waals surface area contributed by atoms with E-state index in [1.54, 1.807) is 6.07 Å². The van der Waals surface area contributed by atoms with E-state index >= 15 is 0 Å². The van der Waals surface area contributed by atoms with Crippen molar-refractivity contribution in [2.75, 3.05) is 51.1 Å². The van der Waals surface area contributed by atoms with Gasteiger partial charge >= 0.3 is 0 Å². The molecule has 11 heteroatoms. The number of nitrogens with zero attached hydrogens (tertiary/aromatic N) is 2. The van der Waals surface area contributed by atoms with Crippen LogP contribution >= 0.6 is 11.6 Å². The van der Waals surface area contributed by atoms with Crippen molar-refractivity contribution in [1.29, 1.82) is 0 Å². The van der Waals surface area contributed by atoms with Crippen molar-refractivity contribution in [2.24, 2.45) is 29.6 Å². The van der Waals surface area contributed by atoms with Gasteiger partial charge in [-0.2, -0.15) is 0 Å². The van der Waals surface area contributed by atoms with Gasteiger partial charge in [-0.15, -0.1) is 0 Å². The summed E-state index contributed by atoms with van der Waals surface area (Å²) < 4.78 is 48.3. The Morgan fingerprint density at radius 3 is 2.42 bits per heavy atom. The highest BCUT2D eigenvalue weighted by Gasteiger charge is 2.44. The molecule has 1 saturated heterocycles. The van der Waals surface area contributed by atoms with E-state index in [-0.39, 0.29) is 35.8 Å². The van der Waals surface area contributed by atoms with Crippen LogP contribution in [0.4, 0.5) is 5.69 Å². The summed E-state index contributed by atoms with van der Waals surface area (Å²) in [5.41, 5.74) is 3.42. The molecule has 6 rings (SSSR count). The first-order valence-electron chi connectivity index (χ1n) is 17.7. The lowest BCUT2D eigenvalue weighted by molar-refractivity contribution is -0.241. The molecule has 2 aromatic carbocycles. The highest BCUT2D eigenvalue weighted by Crippen LogP contribution is 2.46. The van der Waals surface area contributed by atoms with Gasteiger partial charge in [0.25, 0.3) is 5.91 Å². The molecular formula is C37H52ClN3O6S. The molecule has 5 atom stereocenters. The first-order valence-corrected chi connectivity index (χ1v) is 19.7. The van der Waals surface area contributed by atoms with E-state index in [4.69, 9.17) is 25.8 Å². The number of aryl methyl sites for hydroxylation is 1. The maximum Gasteiger partial charge on any atom is 0.264 e. The van der Waals surface area contributed by atoms with Crippen molar-refractivity contribution in [2.45, 2.75) is 77.7 Å². The monoisotopic (exact) mass is 701 g/mol. The highest BCUT2D eigenvalue weighted by atomic mass is 35.5. The zero-order chi connectivity index (χ0) is 34.0. The van der Waals surface area contributed by atoms with Crippen LogP contribution in [0.5, 0.6) is 5.75 Å². The number of likely N-dealkylation sites (N-methyl/N-ethyl adjacent to an activating group) is 1. The number of hydrogen-bond donors (Lipinski definition) is 1. The van der Waals surface area contributed by atoms with Crippen molar-refractivity contribution < 1.29 is 27.4 Å². The molecule has 1 aliphatic carbocycles. The summed E-state index contributed by atoms with van der Waals surface area (Å²) in [6.45, 7) is 7.36. The Hall–Kier alpha value is -2.37. The van der Waals surface area contributed by atoms with E-state index in [0.717, 1.165) is 74.3 Å². The van der Waals surface area contributed by atoms with E-state index in [9.17, 15) is 13.2 Å². The van der Waals surface area contributed by atoms with Crippen LogP contribution in [0, 0.1) is 29.6 Å². The fourth-order valence-electron chi connectivity index (χ4n) is 7.85. The molecule has 9 nitrogen and oxygen atoms in total. The molecule has 2 bridgehead atoms. The van der Waals surface area contributed by atoms with Gasteiger partial charge in [-0.1, -0.05) is 31.5 Å². The molecular weight excluding hydrogens is 650 g/mol. The summed E-state index contributed by atoms with van der Waals surface area (Å²) in [6.07, 6.45) is 6.58. The summed E-state index contributed by atoms with van der Waals surface area (Å²) in [4.78, 5) is 18.0. The first kappa shape index (κ1) is 35.5. The Balaban J connectivity index is 1.34. The SMILES string of the molecule is C[C@@H]1CS(=O)(=O)NC(=O)c2ccc3c(c2)N(CCCCc2cc(Cl)ccc2CO3)C[C@@H]2CC[C@H]2[C@@H](C2OCC(N(C)C)CO2)CC[C@@H]1C. The molecule has 0 radical (unpaired) electrons. The Morgan fingerprint density at radius 2 is 1.69 bits per heavy atom. The molecule has 0 unspecified atom stereocenters.